The third kappa shape index (κ3) is 5.79. The Morgan fingerprint density at radius 2 is 1.63 bits per heavy atom. The number of carbonyl (C=O) groups is 1. The van der Waals surface area contributed by atoms with Gasteiger partial charge in [0.15, 0.2) is 0 Å². The molecule has 0 atom stereocenters. The molecule has 0 unspecified atom stereocenters. The van der Waals surface area contributed by atoms with Gasteiger partial charge in [0, 0.05) is 31.7 Å². The van der Waals surface area contributed by atoms with Crippen LogP contribution in [-0.2, 0) is 22.4 Å². The molecule has 0 radical (unpaired) electrons. The summed E-state index contributed by atoms with van der Waals surface area (Å²) in [6, 6.07) is 10.2. The number of hydrogen-bond acceptors (Lipinski definition) is 3. The van der Waals surface area contributed by atoms with E-state index in [2.05, 4.69) is 34.5 Å². The maximum atomic E-state index is 11.8. The van der Waals surface area contributed by atoms with Crippen LogP contribution in [0.25, 0.3) is 0 Å². The number of nitrogens with one attached hydrogen (secondary N) is 1. The molecule has 0 spiro atoms. The van der Waals surface area contributed by atoms with Gasteiger partial charge in [-0.05, 0) is 81.5 Å². The predicted molar refractivity (Wildman–Crippen MR) is 108 cm³/mol. The fourth-order valence-electron chi connectivity index (χ4n) is 4.53. The average Bonchev–Trinajstić information content (AvgIpc) is 3.53. The summed E-state index contributed by atoms with van der Waals surface area (Å²) in [6.45, 7) is 4.39. The number of likely N-dealkylation sites (tertiary alicyclic amines) is 1. The standard InChI is InChI=1S/C23H34N2O2/c26-23(24-21-6-7-21)8-5-18-1-3-19(4-2-18)17-20-9-13-25(14-10-20)22-11-15-27-16-12-22/h1-4,20-22H,5-17H2,(H,24,26). The van der Waals surface area contributed by atoms with Crippen LogP contribution in [0.15, 0.2) is 24.3 Å². The van der Waals surface area contributed by atoms with Gasteiger partial charge < -0.3 is 15.0 Å². The zero-order chi connectivity index (χ0) is 18.5. The normalized spacial score (nSPS) is 22.7. The van der Waals surface area contributed by atoms with Gasteiger partial charge in [0.05, 0.1) is 0 Å². The number of piperidine rings is 1. The highest BCUT2D eigenvalue weighted by Crippen LogP contribution is 2.26. The lowest BCUT2D eigenvalue weighted by Crippen LogP contribution is -2.44. The molecule has 1 aliphatic carbocycles. The minimum Gasteiger partial charge on any atom is -0.381 e. The lowest BCUT2D eigenvalue weighted by Gasteiger charge is -2.39. The van der Waals surface area contributed by atoms with Gasteiger partial charge in [0.1, 0.15) is 0 Å². The number of amides is 1. The number of rotatable bonds is 7. The van der Waals surface area contributed by atoms with Gasteiger partial charge in [-0.2, -0.15) is 0 Å². The predicted octanol–water partition coefficient (Wildman–Crippen LogP) is 3.33. The van der Waals surface area contributed by atoms with E-state index in [4.69, 9.17) is 4.74 Å². The summed E-state index contributed by atoms with van der Waals surface area (Å²) in [5, 5.41) is 3.07. The first kappa shape index (κ1) is 18.9. The summed E-state index contributed by atoms with van der Waals surface area (Å²) in [7, 11) is 0. The highest BCUT2D eigenvalue weighted by atomic mass is 16.5. The number of ether oxygens (including phenoxy) is 1. The minimum atomic E-state index is 0.206. The molecule has 2 heterocycles. The Bertz CT molecular complexity index is 597. The van der Waals surface area contributed by atoms with E-state index >= 15 is 0 Å². The van der Waals surface area contributed by atoms with Gasteiger partial charge in [-0.3, -0.25) is 4.79 Å². The van der Waals surface area contributed by atoms with E-state index < -0.39 is 0 Å². The maximum Gasteiger partial charge on any atom is 0.220 e. The molecule has 4 rings (SSSR count). The van der Waals surface area contributed by atoms with Crippen molar-refractivity contribution in [2.75, 3.05) is 26.3 Å². The van der Waals surface area contributed by atoms with Crippen molar-refractivity contribution < 1.29 is 9.53 Å². The fraction of sp³-hybridized carbons (Fsp3) is 0.696. The summed E-state index contributed by atoms with van der Waals surface area (Å²) < 4.78 is 5.50. The fourth-order valence-corrected chi connectivity index (χ4v) is 4.53. The van der Waals surface area contributed by atoms with E-state index in [1.807, 2.05) is 0 Å². The summed E-state index contributed by atoms with van der Waals surface area (Å²) >= 11 is 0. The Kier molecular flexibility index (Phi) is 6.46. The van der Waals surface area contributed by atoms with E-state index in [1.165, 1.54) is 56.3 Å². The largest absolute Gasteiger partial charge is 0.381 e. The van der Waals surface area contributed by atoms with E-state index in [0.717, 1.165) is 44.4 Å². The smallest absolute Gasteiger partial charge is 0.220 e. The lowest BCUT2D eigenvalue weighted by molar-refractivity contribution is -0.121. The zero-order valence-electron chi connectivity index (χ0n) is 16.5. The van der Waals surface area contributed by atoms with Crippen LogP contribution < -0.4 is 5.32 Å². The van der Waals surface area contributed by atoms with Gasteiger partial charge in [0.2, 0.25) is 5.91 Å². The first-order chi connectivity index (χ1) is 13.3. The molecule has 3 fully saturated rings. The Labute approximate surface area is 163 Å². The van der Waals surface area contributed by atoms with Gasteiger partial charge in [-0.25, -0.2) is 0 Å². The van der Waals surface area contributed by atoms with E-state index in [-0.39, 0.29) is 5.91 Å². The number of aryl methyl sites for hydroxylation is 1. The molecule has 4 heteroatoms. The van der Waals surface area contributed by atoms with Crippen molar-refractivity contribution in [3.05, 3.63) is 35.4 Å². The molecular formula is C23H34N2O2. The molecule has 2 saturated heterocycles. The van der Waals surface area contributed by atoms with Crippen molar-refractivity contribution in [1.82, 2.24) is 10.2 Å². The first-order valence-electron chi connectivity index (χ1n) is 11.0. The van der Waals surface area contributed by atoms with E-state index in [1.54, 1.807) is 0 Å². The Morgan fingerprint density at radius 3 is 2.30 bits per heavy atom. The molecule has 1 saturated carbocycles. The van der Waals surface area contributed by atoms with E-state index in [0.29, 0.717) is 12.5 Å². The summed E-state index contributed by atoms with van der Waals surface area (Å²) in [5.41, 5.74) is 2.73. The molecule has 0 aromatic heterocycles. The third-order valence-electron chi connectivity index (χ3n) is 6.49. The van der Waals surface area contributed by atoms with Crippen molar-refractivity contribution in [2.45, 2.75) is 69.9 Å². The average molecular weight is 371 g/mol. The molecule has 2 aliphatic heterocycles. The van der Waals surface area contributed by atoms with Gasteiger partial charge in [-0.1, -0.05) is 24.3 Å². The van der Waals surface area contributed by atoms with Gasteiger partial charge >= 0.3 is 0 Å². The monoisotopic (exact) mass is 370 g/mol. The molecule has 0 bridgehead atoms. The van der Waals surface area contributed by atoms with Crippen LogP contribution >= 0.6 is 0 Å². The van der Waals surface area contributed by atoms with E-state index in [9.17, 15) is 4.79 Å². The van der Waals surface area contributed by atoms with Crippen molar-refractivity contribution in [3.63, 3.8) is 0 Å². The number of carbonyl (C=O) groups excluding carboxylic acids is 1. The highest BCUT2D eigenvalue weighted by molar-refractivity contribution is 5.76. The molecule has 148 valence electrons. The SMILES string of the molecule is O=C(CCc1ccc(CC2CCN(C3CCOCC3)CC2)cc1)NC1CC1. The molecule has 1 N–H and O–H groups in total. The maximum absolute atomic E-state index is 11.8. The minimum absolute atomic E-state index is 0.206. The van der Waals surface area contributed by atoms with Gasteiger partial charge in [-0.15, -0.1) is 0 Å². The number of hydrogen-bond donors (Lipinski definition) is 1. The molecule has 1 aromatic rings. The first-order valence-corrected chi connectivity index (χ1v) is 11.0. The number of nitrogens with zero attached hydrogens (tertiary/aromatic N) is 1. The summed E-state index contributed by atoms with van der Waals surface area (Å²) in [5.74, 6) is 1.02. The Balaban J connectivity index is 1.18. The molecule has 1 aromatic carbocycles. The van der Waals surface area contributed by atoms with Crippen LogP contribution in [0.2, 0.25) is 0 Å². The zero-order valence-corrected chi connectivity index (χ0v) is 16.5. The van der Waals surface area contributed by atoms with Crippen molar-refractivity contribution in [2.24, 2.45) is 5.92 Å². The van der Waals surface area contributed by atoms with Crippen LogP contribution in [0.1, 0.15) is 56.1 Å². The molecule has 27 heavy (non-hydrogen) atoms. The molecule has 1 amide bonds. The topological polar surface area (TPSA) is 41.6 Å². The molecule has 4 nitrogen and oxygen atoms in total. The highest BCUT2D eigenvalue weighted by Gasteiger charge is 2.26. The summed E-state index contributed by atoms with van der Waals surface area (Å²) in [4.78, 5) is 14.5. The van der Waals surface area contributed by atoms with Crippen molar-refractivity contribution >= 4 is 5.91 Å². The van der Waals surface area contributed by atoms with Crippen LogP contribution in [0.4, 0.5) is 0 Å². The van der Waals surface area contributed by atoms with Crippen molar-refractivity contribution in [3.8, 4) is 0 Å². The van der Waals surface area contributed by atoms with Crippen molar-refractivity contribution in [1.29, 1.82) is 0 Å². The second-order valence-electron chi connectivity index (χ2n) is 8.69. The second kappa shape index (κ2) is 9.20. The van der Waals surface area contributed by atoms with Gasteiger partial charge in [0.25, 0.3) is 0 Å². The third-order valence-corrected chi connectivity index (χ3v) is 6.49. The Hall–Kier alpha value is -1.39. The van der Waals surface area contributed by atoms with Crippen LogP contribution in [-0.4, -0.2) is 49.2 Å². The molecule has 3 aliphatic rings. The lowest BCUT2D eigenvalue weighted by atomic mass is 9.88. The van der Waals surface area contributed by atoms with Crippen LogP contribution in [0, 0.1) is 5.92 Å². The second-order valence-corrected chi connectivity index (χ2v) is 8.69. The van der Waals surface area contributed by atoms with Crippen LogP contribution in [0.3, 0.4) is 0 Å². The Morgan fingerprint density at radius 1 is 0.963 bits per heavy atom. The summed E-state index contributed by atoms with van der Waals surface area (Å²) in [6.07, 6.45) is 10.0. The van der Waals surface area contributed by atoms with Crippen LogP contribution in [0.5, 0.6) is 0 Å². The number of benzene rings is 1. The quantitative estimate of drug-likeness (QED) is 0.800. The molecular weight excluding hydrogens is 336 g/mol.